The van der Waals surface area contributed by atoms with E-state index in [1.54, 1.807) is 7.11 Å². The van der Waals surface area contributed by atoms with Crippen LogP contribution in [0.15, 0.2) is 10.5 Å². The van der Waals surface area contributed by atoms with E-state index in [9.17, 15) is 9.90 Å². The Morgan fingerprint density at radius 1 is 1.33 bits per heavy atom. The molecule has 0 amide bonds. The maximum atomic E-state index is 11.3. The third-order valence-electron chi connectivity index (χ3n) is 4.88. The van der Waals surface area contributed by atoms with Crippen molar-refractivity contribution in [3.8, 4) is 5.75 Å². The molecule has 0 saturated heterocycles. The Bertz CT molecular complexity index is 576. The third kappa shape index (κ3) is 2.70. The molecular formula is C17H21BrO3. The summed E-state index contributed by atoms with van der Waals surface area (Å²) >= 11 is 3.63. The number of benzene rings is 1. The van der Waals surface area contributed by atoms with E-state index in [2.05, 4.69) is 22.0 Å². The second kappa shape index (κ2) is 5.64. The maximum Gasteiger partial charge on any atom is 0.304 e. The highest BCUT2D eigenvalue weighted by Gasteiger charge is 2.49. The van der Waals surface area contributed by atoms with Gasteiger partial charge in [0.25, 0.3) is 0 Å². The Morgan fingerprint density at radius 2 is 2.05 bits per heavy atom. The molecule has 1 fully saturated rings. The molecule has 0 aliphatic heterocycles. The number of carboxylic acid groups (broad SMARTS) is 1. The number of aliphatic carboxylic acids is 1. The minimum Gasteiger partial charge on any atom is -0.495 e. The lowest BCUT2D eigenvalue weighted by molar-refractivity contribution is -0.137. The largest absolute Gasteiger partial charge is 0.495 e. The average Bonchev–Trinajstić information content (AvgIpc) is 3.21. The number of methoxy groups -OCH3 is 1. The first-order chi connectivity index (χ1) is 10.1. The van der Waals surface area contributed by atoms with Crippen LogP contribution in [0.5, 0.6) is 5.75 Å². The summed E-state index contributed by atoms with van der Waals surface area (Å²) in [6.45, 7) is 0. The first-order valence-corrected chi connectivity index (χ1v) is 8.47. The molecule has 1 saturated carbocycles. The molecular weight excluding hydrogens is 332 g/mol. The van der Waals surface area contributed by atoms with Gasteiger partial charge in [0.1, 0.15) is 5.75 Å². The lowest BCUT2D eigenvalue weighted by atomic mass is 9.84. The molecule has 0 atom stereocenters. The van der Waals surface area contributed by atoms with Gasteiger partial charge in [-0.05, 0) is 71.6 Å². The molecule has 0 heterocycles. The second-order valence-corrected chi connectivity index (χ2v) is 7.17. The van der Waals surface area contributed by atoms with E-state index in [0.29, 0.717) is 0 Å². The summed E-state index contributed by atoms with van der Waals surface area (Å²) in [6.07, 6.45) is 7.93. The van der Waals surface area contributed by atoms with Gasteiger partial charge >= 0.3 is 5.97 Å². The zero-order valence-corrected chi connectivity index (χ0v) is 14.0. The van der Waals surface area contributed by atoms with Gasteiger partial charge in [0.2, 0.25) is 0 Å². The van der Waals surface area contributed by atoms with Crippen molar-refractivity contribution in [3.05, 3.63) is 27.2 Å². The van der Waals surface area contributed by atoms with Gasteiger partial charge < -0.3 is 9.84 Å². The molecule has 0 spiro atoms. The summed E-state index contributed by atoms with van der Waals surface area (Å²) in [6, 6.07) is 2.18. The molecule has 0 radical (unpaired) electrons. The Labute approximate surface area is 133 Å². The molecule has 3 nitrogen and oxygen atoms in total. The SMILES string of the molecule is COc1c(Br)cc2c(c1C1(CC(=O)O)CC1)CCCCC2. The monoisotopic (exact) mass is 352 g/mol. The van der Waals surface area contributed by atoms with E-state index < -0.39 is 5.97 Å². The Hall–Kier alpha value is -1.03. The molecule has 21 heavy (non-hydrogen) atoms. The molecule has 1 N–H and O–H groups in total. The van der Waals surface area contributed by atoms with E-state index in [0.717, 1.165) is 35.9 Å². The predicted octanol–water partition coefficient (Wildman–Crippen LogP) is 4.23. The summed E-state index contributed by atoms with van der Waals surface area (Å²) in [5.74, 6) is 0.145. The molecule has 2 aliphatic rings. The number of hydrogen-bond acceptors (Lipinski definition) is 2. The standard InChI is InChI=1S/C17H21BrO3/c1-21-16-13(18)9-11-5-3-2-4-6-12(11)15(16)17(7-8-17)10-14(19)20/h9H,2-8,10H2,1H3,(H,19,20). The maximum absolute atomic E-state index is 11.3. The van der Waals surface area contributed by atoms with Crippen molar-refractivity contribution in [2.24, 2.45) is 0 Å². The van der Waals surface area contributed by atoms with Gasteiger partial charge in [0.15, 0.2) is 0 Å². The molecule has 1 aromatic carbocycles. The summed E-state index contributed by atoms with van der Waals surface area (Å²) in [4.78, 5) is 11.3. The molecule has 3 rings (SSSR count). The van der Waals surface area contributed by atoms with Crippen molar-refractivity contribution in [1.29, 1.82) is 0 Å². The van der Waals surface area contributed by atoms with Crippen molar-refractivity contribution >= 4 is 21.9 Å². The molecule has 0 aromatic heterocycles. The van der Waals surface area contributed by atoms with E-state index in [1.807, 2.05) is 0 Å². The molecule has 4 heteroatoms. The van der Waals surface area contributed by atoms with Crippen LogP contribution in [0.3, 0.4) is 0 Å². The van der Waals surface area contributed by atoms with E-state index in [-0.39, 0.29) is 11.8 Å². The van der Waals surface area contributed by atoms with Gasteiger partial charge in [-0.15, -0.1) is 0 Å². The van der Waals surface area contributed by atoms with Crippen LogP contribution in [0.25, 0.3) is 0 Å². The van der Waals surface area contributed by atoms with Crippen LogP contribution >= 0.6 is 15.9 Å². The minimum absolute atomic E-state index is 0.199. The topological polar surface area (TPSA) is 46.5 Å². The van der Waals surface area contributed by atoms with Crippen LogP contribution < -0.4 is 4.74 Å². The highest BCUT2D eigenvalue weighted by atomic mass is 79.9. The number of rotatable bonds is 4. The molecule has 1 aromatic rings. The van der Waals surface area contributed by atoms with Crippen LogP contribution in [-0.2, 0) is 23.1 Å². The van der Waals surface area contributed by atoms with Gasteiger partial charge in [0, 0.05) is 11.0 Å². The summed E-state index contributed by atoms with van der Waals surface area (Å²) in [5, 5.41) is 9.29. The van der Waals surface area contributed by atoms with Gasteiger partial charge in [0.05, 0.1) is 18.0 Å². The quantitative estimate of drug-likeness (QED) is 0.824. The highest BCUT2D eigenvalue weighted by molar-refractivity contribution is 9.10. The number of halogens is 1. The van der Waals surface area contributed by atoms with Crippen LogP contribution in [0.2, 0.25) is 0 Å². The van der Waals surface area contributed by atoms with Gasteiger partial charge in [-0.25, -0.2) is 0 Å². The van der Waals surface area contributed by atoms with Gasteiger partial charge in [-0.2, -0.15) is 0 Å². The summed E-state index contributed by atoms with van der Waals surface area (Å²) in [5.41, 5.74) is 3.73. The molecule has 0 unspecified atom stereocenters. The number of ether oxygens (including phenoxy) is 1. The molecule has 0 bridgehead atoms. The smallest absolute Gasteiger partial charge is 0.304 e. The second-order valence-electron chi connectivity index (χ2n) is 6.32. The Balaban J connectivity index is 2.17. The first kappa shape index (κ1) is 14.9. The fourth-order valence-electron chi connectivity index (χ4n) is 3.74. The van der Waals surface area contributed by atoms with E-state index in [4.69, 9.17) is 4.74 Å². The Kier molecular flexibility index (Phi) is 4.00. The van der Waals surface area contributed by atoms with Crippen molar-refractivity contribution < 1.29 is 14.6 Å². The lowest BCUT2D eigenvalue weighted by Gasteiger charge is -2.24. The average molecular weight is 353 g/mol. The number of carbonyl (C=O) groups is 1. The van der Waals surface area contributed by atoms with Crippen LogP contribution in [-0.4, -0.2) is 18.2 Å². The normalized spacial score (nSPS) is 19.5. The first-order valence-electron chi connectivity index (χ1n) is 7.68. The fourth-order valence-corrected chi connectivity index (χ4v) is 4.38. The number of hydrogen-bond donors (Lipinski definition) is 1. The van der Waals surface area contributed by atoms with Crippen LogP contribution in [0.1, 0.15) is 55.2 Å². The van der Waals surface area contributed by atoms with Gasteiger partial charge in [-0.3, -0.25) is 4.79 Å². The van der Waals surface area contributed by atoms with E-state index >= 15 is 0 Å². The summed E-state index contributed by atoms with van der Waals surface area (Å²) < 4.78 is 6.62. The number of fused-ring (bicyclic) bond motifs is 1. The zero-order chi connectivity index (χ0) is 15.0. The van der Waals surface area contributed by atoms with Crippen molar-refractivity contribution in [3.63, 3.8) is 0 Å². The molecule has 114 valence electrons. The lowest BCUT2D eigenvalue weighted by Crippen LogP contribution is -2.18. The molecule has 2 aliphatic carbocycles. The highest BCUT2D eigenvalue weighted by Crippen LogP contribution is 2.57. The van der Waals surface area contributed by atoms with E-state index in [1.165, 1.54) is 36.0 Å². The van der Waals surface area contributed by atoms with Crippen LogP contribution in [0, 0.1) is 0 Å². The van der Waals surface area contributed by atoms with Crippen LogP contribution in [0.4, 0.5) is 0 Å². The predicted molar refractivity (Wildman–Crippen MR) is 85.1 cm³/mol. The third-order valence-corrected chi connectivity index (χ3v) is 5.47. The Morgan fingerprint density at radius 3 is 2.67 bits per heavy atom. The minimum atomic E-state index is -0.711. The van der Waals surface area contributed by atoms with Crippen molar-refractivity contribution in [1.82, 2.24) is 0 Å². The van der Waals surface area contributed by atoms with Crippen molar-refractivity contribution in [2.75, 3.05) is 7.11 Å². The number of carboxylic acids is 1. The fraction of sp³-hybridized carbons (Fsp3) is 0.588. The number of aryl methyl sites for hydroxylation is 1. The summed E-state index contributed by atoms with van der Waals surface area (Å²) in [7, 11) is 1.68. The van der Waals surface area contributed by atoms with Gasteiger partial charge in [-0.1, -0.05) is 6.42 Å². The zero-order valence-electron chi connectivity index (χ0n) is 12.4. The van der Waals surface area contributed by atoms with Crippen molar-refractivity contribution in [2.45, 2.75) is 56.8 Å².